The molecule has 3 aromatic rings. The SMILES string of the molecule is CC[C@@H](C(=O)N1CCN(c2ccc(NC(=O)c3cccc(F)c3)cc2C(=O)N(CC)CC)CC1)c1ccccc1. The van der Waals surface area contributed by atoms with Gasteiger partial charge in [0.2, 0.25) is 5.91 Å². The Kier molecular flexibility index (Phi) is 9.53. The Morgan fingerprint density at radius 3 is 2.20 bits per heavy atom. The number of benzene rings is 3. The van der Waals surface area contributed by atoms with Crippen LogP contribution >= 0.6 is 0 Å². The van der Waals surface area contributed by atoms with Gasteiger partial charge in [0.15, 0.2) is 0 Å². The van der Waals surface area contributed by atoms with Gasteiger partial charge in [0.05, 0.1) is 11.5 Å². The van der Waals surface area contributed by atoms with Gasteiger partial charge in [0.1, 0.15) is 5.82 Å². The Balaban J connectivity index is 1.54. The van der Waals surface area contributed by atoms with Crippen molar-refractivity contribution in [3.63, 3.8) is 0 Å². The maximum Gasteiger partial charge on any atom is 0.256 e. The van der Waals surface area contributed by atoms with Gasteiger partial charge in [-0.2, -0.15) is 0 Å². The zero-order valence-electron chi connectivity index (χ0n) is 23.4. The summed E-state index contributed by atoms with van der Waals surface area (Å²) in [5.74, 6) is -1.12. The van der Waals surface area contributed by atoms with E-state index in [1.165, 1.54) is 24.3 Å². The Labute approximate surface area is 235 Å². The van der Waals surface area contributed by atoms with E-state index in [0.29, 0.717) is 50.5 Å². The Hall–Kier alpha value is -4.20. The van der Waals surface area contributed by atoms with E-state index in [4.69, 9.17) is 0 Å². The summed E-state index contributed by atoms with van der Waals surface area (Å²) in [7, 11) is 0. The van der Waals surface area contributed by atoms with Crippen LogP contribution in [0.5, 0.6) is 0 Å². The zero-order valence-corrected chi connectivity index (χ0v) is 23.4. The summed E-state index contributed by atoms with van der Waals surface area (Å²) in [6, 6.07) is 20.6. The number of piperazine rings is 1. The topological polar surface area (TPSA) is 73.0 Å². The molecule has 1 atom stereocenters. The van der Waals surface area contributed by atoms with Gasteiger partial charge in [0, 0.05) is 56.2 Å². The van der Waals surface area contributed by atoms with E-state index in [1.54, 1.807) is 17.0 Å². The van der Waals surface area contributed by atoms with Gasteiger partial charge in [-0.05, 0) is 62.2 Å². The summed E-state index contributed by atoms with van der Waals surface area (Å²) in [6.07, 6.45) is 0.731. The van der Waals surface area contributed by atoms with Crippen LogP contribution in [-0.4, -0.2) is 66.8 Å². The minimum absolute atomic E-state index is 0.128. The maximum absolute atomic E-state index is 13.6. The van der Waals surface area contributed by atoms with Crippen LogP contribution in [0, 0.1) is 5.82 Å². The fraction of sp³-hybridized carbons (Fsp3) is 0.344. The minimum atomic E-state index is -0.493. The van der Waals surface area contributed by atoms with E-state index in [1.807, 2.05) is 62.1 Å². The van der Waals surface area contributed by atoms with Crippen molar-refractivity contribution in [1.29, 1.82) is 0 Å². The van der Waals surface area contributed by atoms with Gasteiger partial charge >= 0.3 is 0 Å². The fourth-order valence-corrected chi connectivity index (χ4v) is 5.20. The molecule has 1 saturated heterocycles. The van der Waals surface area contributed by atoms with Crippen molar-refractivity contribution in [2.75, 3.05) is 49.5 Å². The molecular formula is C32H37FN4O3. The first-order valence-corrected chi connectivity index (χ1v) is 13.9. The molecule has 0 aromatic heterocycles. The lowest BCUT2D eigenvalue weighted by Crippen LogP contribution is -2.50. The number of hydrogen-bond acceptors (Lipinski definition) is 4. The second-order valence-electron chi connectivity index (χ2n) is 9.86. The van der Waals surface area contributed by atoms with Crippen molar-refractivity contribution in [3.8, 4) is 0 Å². The molecule has 1 aliphatic rings. The molecule has 3 aromatic carbocycles. The zero-order chi connectivity index (χ0) is 28.6. The Morgan fingerprint density at radius 2 is 1.57 bits per heavy atom. The van der Waals surface area contributed by atoms with E-state index >= 15 is 0 Å². The van der Waals surface area contributed by atoms with E-state index in [0.717, 1.165) is 17.7 Å². The van der Waals surface area contributed by atoms with E-state index in [-0.39, 0.29) is 23.3 Å². The quantitative estimate of drug-likeness (QED) is 0.391. The van der Waals surface area contributed by atoms with Crippen LogP contribution in [0.25, 0.3) is 0 Å². The maximum atomic E-state index is 13.6. The predicted molar refractivity (Wildman–Crippen MR) is 156 cm³/mol. The molecule has 1 fully saturated rings. The summed E-state index contributed by atoms with van der Waals surface area (Å²) in [6.45, 7) is 9.28. The molecule has 0 radical (unpaired) electrons. The molecule has 8 heteroatoms. The summed E-state index contributed by atoms with van der Waals surface area (Å²) in [4.78, 5) is 45.5. The lowest BCUT2D eigenvalue weighted by atomic mass is 9.94. The van der Waals surface area contributed by atoms with Gasteiger partial charge in [0.25, 0.3) is 11.8 Å². The number of carbonyl (C=O) groups excluding carboxylic acids is 3. The highest BCUT2D eigenvalue weighted by molar-refractivity contribution is 6.06. The highest BCUT2D eigenvalue weighted by Gasteiger charge is 2.29. The third-order valence-corrected chi connectivity index (χ3v) is 7.46. The third kappa shape index (κ3) is 6.50. The van der Waals surface area contributed by atoms with Crippen LogP contribution in [0.1, 0.15) is 59.4 Å². The average Bonchev–Trinajstić information content (AvgIpc) is 2.98. The number of rotatable bonds is 9. The smallest absolute Gasteiger partial charge is 0.256 e. The largest absolute Gasteiger partial charge is 0.367 e. The molecule has 0 saturated carbocycles. The molecule has 7 nitrogen and oxygen atoms in total. The van der Waals surface area contributed by atoms with Crippen LogP contribution in [0.4, 0.5) is 15.8 Å². The molecule has 0 unspecified atom stereocenters. The van der Waals surface area contributed by atoms with Gasteiger partial charge in [-0.1, -0.05) is 43.3 Å². The predicted octanol–water partition coefficient (Wildman–Crippen LogP) is 5.40. The summed E-state index contributed by atoms with van der Waals surface area (Å²) in [5.41, 5.74) is 2.93. The second kappa shape index (κ2) is 13.2. The van der Waals surface area contributed by atoms with Gasteiger partial charge in [-0.25, -0.2) is 4.39 Å². The van der Waals surface area contributed by atoms with Crippen LogP contribution in [-0.2, 0) is 4.79 Å². The normalized spacial score (nSPS) is 14.0. The van der Waals surface area contributed by atoms with Crippen LogP contribution in [0.2, 0.25) is 0 Å². The van der Waals surface area contributed by atoms with Gasteiger partial charge in [-0.15, -0.1) is 0 Å². The molecule has 1 heterocycles. The summed E-state index contributed by atoms with van der Waals surface area (Å²) in [5, 5.41) is 2.79. The monoisotopic (exact) mass is 544 g/mol. The number of carbonyl (C=O) groups is 3. The van der Waals surface area contributed by atoms with Crippen molar-refractivity contribution in [2.45, 2.75) is 33.1 Å². The van der Waals surface area contributed by atoms with Gasteiger partial charge < -0.3 is 20.0 Å². The molecule has 3 amide bonds. The van der Waals surface area contributed by atoms with Gasteiger partial charge in [-0.3, -0.25) is 14.4 Å². The third-order valence-electron chi connectivity index (χ3n) is 7.46. The highest BCUT2D eigenvalue weighted by Crippen LogP contribution is 2.29. The number of anilines is 2. The lowest BCUT2D eigenvalue weighted by molar-refractivity contribution is -0.133. The molecule has 0 bridgehead atoms. The number of halogens is 1. The Bertz CT molecular complexity index is 1330. The van der Waals surface area contributed by atoms with Crippen LogP contribution in [0.15, 0.2) is 72.8 Å². The van der Waals surface area contributed by atoms with E-state index in [9.17, 15) is 18.8 Å². The van der Waals surface area contributed by atoms with E-state index in [2.05, 4.69) is 10.2 Å². The number of hydrogen-bond donors (Lipinski definition) is 1. The van der Waals surface area contributed by atoms with Crippen LogP contribution < -0.4 is 10.2 Å². The van der Waals surface area contributed by atoms with E-state index < -0.39 is 11.7 Å². The molecule has 40 heavy (non-hydrogen) atoms. The highest BCUT2D eigenvalue weighted by atomic mass is 19.1. The van der Waals surface area contributed by atoms with Crippen molar-refractivity contribution >= 4 is 29.1 Å². The Morgan fingerprint density at radius 1 is 0.875 bits per heavy atom. The molecule has 1 N–H and O–H groups in total. The van der Waals surface area contributed by atoms with Crippen molar-refractivity contribution < 1.29 is 18.8 Å². The average molecular weight is 545 g/mol. The molecule has 4 rings (SSSR count). The molecule has 0 spiro atoms. The first kappa shape index (κ1) is 28.8. The molecule has 0 aliphatic carbocycles. The van der Waals surface area contributed by atoms with Crippen molar-refractivity contribution in [2.24, 2.45) is 0 Å². The standard InChI is InChI=1S/C32H37FN4O3/c1-4-27(23-11-8-7-9-12-23)31(39)37-19-17-36(18-20-37)29-16-15-26(22-28(29)32(40)35(5-2)6-3)34-30(38)24-13-10-14-25(33)21-24/h7-16,21-22,27H,4-6,17-20H2,1-3H3,(H,34,38)/t27-/m1/s1. The summed E-state index contributed by atoms with van der Waals surface area (Å²) < 4.78 is 13.6. The summed E-state index contributed by atoms with van der Waals surface area (Å²) >= 11 is 0. The van der Waals surface area contributed by atoms with Crippen molar-refractivity contribution in [1.82, 2.24) is 9.80 Å². The second-order valence-corrected chi connectivity index (χ2v) is 9.86. The molecule has 1 aliphatic heterocycles. The first-order chi connectivity index (χ1) is 19.4. The number of nitrogens with one attached hydrogen (secondary N) is 1. The number of amides is 3. The fourth-order valence-electron chi connectivity index (χ4n) is 5.20. The number of nitrogens with zero attached hydrogens (tertiary/aromatic N) is 3. The molecular weight excluding hydrogens is 507 g/mol. The molecule has 210 valence electrons. The van der Waals surface area contributed by atoms with Crippen molar-refractivity contribution in [3.05, 3.63) is 95.3 Å². The van der Waals surface area contributed by atoms with Crippen LogP contribution in [0.3, 0.4) is 0 Å². The minimum Gasteiger partial charge on any atom is -0.367 e. The lowest BCUT2D eigenvalue weighted by Gasteiger charge is -2.38. The first-order valence-electron chi connectivity index (χ1n) is 13.9.